The van der Waals surface area contributed by atoms with Crippen LogP contribution in [0.4, 0.5) is 5.13 Å². The van der Waals surface area contributed by atoms with Crippen LogP contribution < -0.4 is 5.32 Å². The summed E-state index contributed by atoms with van der Waals surface area (Å²) in [5.41, 5.74) is 0. The average Bonchev–Trinajstić information content (AvgIpc) is 2.62. The zero-order chi connectivity index (χ0) is 10.4. The van der Waals surface area contributed by atoms with Crippen LogP contribution in [0.15, 0.2) is 4.34 Å². The molecule has 0 spiro atoms. The molecule has 0 saturated carbocycles. The second-order valence-electron chi connectivity index (χ2n) is 2.22. The number of amides is 1. The van der Waals surface area contributed by atoms with Crippen LogP contribution >= 0.6 is 23.1 Å². The SMILES string of the molecule is CCC(=O)Nc1nnc(SCC#N)s1. The molecule has 1 amide bonds. The summed E-state index contributed by atoms with van der Waals surface area (Å²) in [6.45, 7) is 1.77. The molecule has 1 N–H and O–H groups in total. The number of hydrogen-bond donors (Lipinski definition) is 1. The maximum absolute atomic E-state index is 11.0. The van der Waals surface area contributed by atoms with Crippen LogP contribution in [-0.2, 0) is 4.79 Å². The van der Waals surface area contributed by atoms with E-state index >= 15 is 0 Å². The molecule has 0 radical (unpaired) electrons. The van der Waals surface area contributed by atoms with Crippen molar-refractivity contribution in [1.29, 1.82) is 5.26 Å². The molecule has 1 aromatic heterocycles. The van der Waals surface area contributed by atoms with E-state index in [1.165, 1.54) is 23.1 Å². The first-order valence-electron chi connectivity index (χ1n) is 3.89. The maximum Gasteiger partial charge on any atom is 0.225 e. The molecule has 7 heteroatoms. The van der Waals surface area contributed by atoms with Gasteiger partial charge in [0.1, 0.15) is 0 Å². The van der Waals surface area contributed by atoms with Crippen molar-refractivity contribution >= 4 is 34.1 Å². The molecule has 0 saturated heterocycles. The Bertz CT molecular complexity index is 357. The Balaban J connectivity index is 2.51. The van der Waals surface area contributed by atoms with Gasteiger partial charge >= 0.3 is 0 Å². The third-order valence-electron chi connectivity index (χ3n) is 1.23. The topological polar surface area (TPSA) is 78.7 Å². The first-order chi connectivity index (χ1) is 6.76. The summed E-state index contributed by atoms with van der Waals surface area (Å²) in [6.07, 6.45) is 0.417. The molecular weight excluding hydrogens is 220 g/mol. The maximum atomic E-state index is 11.0. The lowest BCUT2D eigenvalue weighted by atomic mass is 10.5. The van der Waals surface area contributed by atoms with Crippen molar-refractivity contribution in [3.8, 4) is 6.07 Å². The Labute approximate surface area is 89.5 Å². The van der Waals surface area contributed by atoms with Gasteiger partial charge in [-0.25, -0.2) is 0 Å². The lowest BCUT2D eigenvalue weighted by Gasteiger charge is -1.94. The van der Waals surface area contributed by atoms with Crippen molar-refractivity contribution in [2.24, 2.45) is 0 Å². The van der Waals surface area contributed by atoms with Crippen LogP contribution in [0.2, 0.25) is 0 Å². The van der Waals surface area contributed by atoms with Crippen molar-refractivity contribution in [2.75, 3.05) is 11.1 Å². The first-order valence-corrected chi connectivity index (χ1v) is 5.69. The van der Waals surface area contributed by atoms with Gasteiger partial charge in [-0.3, -0.25) is 4.79 Å². The second-order valence-corrected chi connectivity index (χ2v) is 4.42. The van der Waals surface area contributed by atoms with Crippen LogP contribution in [0.1, 0.15) is 13.3 Å². The normalized spacial score (nSPS) is 9.43. The summed E-state index contributed by atoms with van der Waals surface area (Å²) in [4.78, 5) is 11.0. The van der Waals surface area contributed by atoms with Crippen LogP contribution in [0.25, 0.3) is 0 Å². The van der Waals surface area contributed by atoms with E-state index in [4.69, 9.17) is 5.26 Å². The molecule has 0 bridgehead atoms. The van der Waals surface area contributed by atoms with E-state index in [0.717, 1.165) is 0 Å². The third kappa shape index (κ3) is 3.32. The molecule has 1 rings (SSSR count). The molecule has 0 aromatic carbocycles. The fourth-order valence-electron chi connectivity index (χ4n) is 0.620. The predicted octanol–water partition coefficient (Wildman–Crippen LogP) is 1.50. The summed E-state index contributed by atoms with van der Waals surface area (Å²) in [7, 11) is 0. The molecule has 0 fully saturated rings. The zero-order valence-electron chi connectivity index (χ0n) is 7.48. The average molecular weight is 228 g/mol. The number of carbonyl (C=O) groups is 1. The van der Waals surface area contributed by atoms with Gasteiger partial charge in [0.25, 0.3) is 0 Å². The molecular formula is C7H8N4OS2. The van der Waals surface area contributed by atoms with E-state index < -0.39 is 0 Å². The summed E-state index contributed by atoms with van der Waals surface area (Å²) >= 11 is 2.58. The number of hydrogen-bond acceptors (Lipinski definition) is 6. The first kappa shape index (κ1) is 10.9. The van der Waals surface area contributed by atoms with Gasteiger partial charge < -0.3 is 5.32 Å². The number of nitrogens with one attached hydrogen (secondary N) is 1. The van der Waals surface area contributed by atoms with Gasteiger partial charge in [-0.2, -0.15) is 5.26 Å². The molecule has 0 unspecified atom stereocenters. The smallest absolute Gasteiger partial charge is 0.225 e. The van der Waals surface area contributed by atoms with Gasteiger partial charge in [0.15, 0.2) is 4.34 Å². The number of nitrogens with zero attached hydrogens (tertiary/aromatic N) is 3. The molecule has 14 heavy (non-hydrogen) atoms. The third-order valence-corrected chi connectivity index (χ3v) is 3.07. The highest BCUT2D eigenvalue weighted by molar-refractivity contribution is 8.01. The molecule has 1 aromatic rings. The standard InChI is InChI=1S/C7H8N4OS2/c1-2-5(12)9-6-10-11-7(14-6)13-4-3-8/h2,4H2,1H3,(H,9,10,12). The lowest BCUT2D eigenvalue weighted by molar-refractivity contribution is -0.115. The summed E-state index contributed by atoms with van der Waals surface area (Å²) in [6, 6.07) is 1.99. The second kappa shape index (κ2) is 5.57. The summed E-state index contributed by atoms with van der Waals surface area (Å²) in [5, 5.41) is 19.0. The Hall–Kier alpha value is -1.13. The fraction of sp³-hybridized carbons (Fsp3) is 0.429. The highest BCUT2D eigenvalue weighted by Gasteiger charge is 2.06. The van der Waals surface area contributed by atoms with Gasteiger partial charge in [-0.15, -0.1) is 10.2 Å². The number of rotatable bonds is 4. The van der Waals surface area contributed by atoms with Crippen molar-refractivity contribution in [2.45, 2.75) is 17.7 Å². The molecule has 0 aliphatic rings. The molecule has 0 aliphatic heterocycles. The predicted molar refractivity (Wildman–Crippen MR) is 55.2 cm³/mol. The van der Waals surface area contributed by atoms with E-state index in [2.05, 4.69) is 15.5 Å². The van der Waals surface area contributed by atoms with Crippen LogP contribution in [-0.4, -0.2) is 21.9 Å². The molecule has 0 aliphatic carbocycles. The minimum atomic E-state index is -0.0852. The van der Waals surface area contributed by atoms with E-state index in [1.54, 1.807) is 6.92 Å². The fourth-order valence-corrected chi connectivity index (χ4v) is 2.05. The number of nitriles is 1. The van der Waals surface area contributed by atoms with E-state index in [1.807, 2.05) is 6.07 Å². The number of carbonyl (C=O) groups excluding carboxylic acids is 1. The number of thioether (sulfide) groups is 1. The highest BCUT2D eigenvalue weighted by atomic mass is 32.2. The summed E-state index contributed by atoms with van der Waals surface area (Å²) < 4.78 is 0.693. The minimum absolute atomic E-state index is 0.0852. The Kier molecular flexibility index (Phi) is 4.35. The molecule has 5 nitrogen and oxygen atoms in total. The van der Waals surface area contributed by atoms with Gasteiger partial charge in [0, 0.05) is 6.42 Å². The Morgan fingerprint density at radius 3 is 3.14 bits per heavy atom. The van der Waals surface area contributed by atoms with Crippen LogP contribution in [0.3, 0.4) is 0 Å². The molecule has 0 atom stereocenters. The molecule has 1 heterocycles. The van der Waals surface area contributed by atoms with Crippen molar-refractivity contribution < 1.29 is 4.79 Å². The largest absolute Gasteiger partial charge is 0.301 e. The van der Waals surface area contributed by atoms with E-state index in [9.17, 15) is 4.79 Å². The highest BCUT2D eigenvalue weighted by Crippen LogP contribution is 2.24. The molecule has 74 valence electrons. The van der Waals surface area contributed by atoms with Crippen molar-refractivity contribution in [3.05, 3.63) is 0 Å². The van der Waals surface area contributed by atoms with Gasteiger partial charge in [0.2, 0.25) is 11.0 Å². The number of anilines is 1. The van der Waals surface area contributed by atoms with Crippen molar-refractivity contribution in [3.63, 3.8) is 0 Å². The van der Waals surface area contributed by atoms with E-state index in [-0.39, 0.29) is 5.91 Å². The summed E-state index contributed by atoms with van der Waals surface area (Å²) in [5.74, 6) is 0.258. The lowest BCUT2D eigenvalue weighted by Crippen LogP contribution is -2.08. The Morgan fingerprint density at radius 2 is 2.50 bits per heavy atom. The van der Waals surface area contributed by atoms with Gasteiger partial charge in [-0.1, -0.05) is 30.0 Å². The minimum Gasteiger partial charge on any atom is -0.301 e. The van der Waals surface area contributed by atoms with Crippen molar-refractivity contribution in [1.82, 2.24) is 10.2 Å². The monoisotopic (exact) mass is 228 g/mol. The van der Waals surface area contributed by atoms with Gasteiger partial charge in [-0.05, 0) is 0 Å². The van der Waals surface area contributed by atoms with E-state index in [0.29, 0.717) is 21.6 Å². The zero-order valence-corrected chi connectivity index (χ0v) is 9.11. The van der Waals surface area contributed by atoms with Crippen LogP contribution in [0, 0.1) is 11.3 Å². The van der Waals surface area contributed by atoms with Crippen LogP contribution in [0.5, 0.6) is 0 Å². The van der Waals surface area contributed by atoms with Gasteiger partial charge in [0.05, 0.1) is 11.8 Å². The number of aromatic nitrogens is 2. The quantitative estimate of drug-likeness (QED) is 0.624. The Morgan fingerprint density at radius 1 is 1.71 bits per heavy atom.